The lowest BCUT2D eigenvalue weighted by atomic mass is 10.0. The summed E-state index contributed by atoms with van der Waals surface area (Å²) in [4.78, 5) is 20.7. The molecular formula is C25H18N2O3S2. The molecule has 0 atom stereocenters. The van der Waals surface area contributed by atoms with Crippen molar-refractivity contribution in [3.63, 3.8) is 0 Å². The Kier molecular flexibility index (Phi) is 5.43. The van der Waals surface area contributed by atoms with Gasteiger partial charge in [-0.25, -0.2) is 4.99 Å². The van der Waals surface area contributed by atoms with Gasteiger partial charge < -0.3 is 15.5 Å². The fourth-order valence-corrected chi connectivity index (χ4v) is 5.10. The minimum absolute atomic E-state index is 0.160. The highest BCUT2D eigenvalue weighted by Gasteiger charge is 2.20. The lowest BCUT2D eigenvalue weighted by Crippen LogP contribution is -2.22. The molecule has 1 aliphatic heterocycles. The molecule has 32 heavy (non-hydrogen) atoms. The van der Waals surface area contributed by atoms with Gasteiger partial charge in [-0.2, -0.15) is 0 Å². The second kappa shape index (κ2) is 8.53. The molecule has 7 heteroatoms. The summed E-state index contributed by atoms with van der Waals surface area (Å²) in [6.45, 7) is 0.481. The average molecular weight is 459 g/mol. The Morgan fingerprint density at radius 3 is 2.59 bits per heavy atom. The number of carbonyl (C=O) groups excluding carboxylic acids is 1. The van der Waals surface area contributed by atoms with Crippen molar-refractivity contribution in [2.75, 3.05) is 0 Å². The van der Waals surface area contributed by atoms with Crippen LogP contribution in [0.3, 0.4) is 0 Å². The predicted molar refractivity (Wildman–Crippen MR) is 128 cm³/mol. The van der Waals surface area contributed by atoms with E-state index in [0.717, 1.165) is 20.2 Å². The minimum atomic E-state index is -0.207. The van der Waals surface area contributed by atoms with Crippen molar-refractivity contribution in [2.45, 2.75) is 16.3 Å². The number of hydrogen-bond acceptors (Lipinski definition) is 6. The fourth-order valence-electron chi connectivity index (χ4n) is 3.46. The van der Waals surface area contributed by atoms with Gasteiger partial charge in [0.1, 0.15) is 0 Å². The van der Waals surface area contributed by atoms with Gasteiger partial charge in [-0.3, -0.25) is 4.79 Å². The Hall–Kier alpha value is -3.55. The topological polar surface area (TPSA) is 81.9 Å². The van der Waals surface area contributed by atoms with E-state index >= 15 is 0 Å². The molecule has 4 aromatic rings. The number of hydrogen-bond donors (Lipinski definition) is 3. The van der Waals surface area contributed by atoms with Crippen molar-refractivity contribution >= 4 is 40.4 Å². The number of phenols is 2. The van der Waals surface area contributed by atoms with E-state index in [1.54, 1.807) is 35.2 Å². The summed E-state index contributed by atoms with van der Waals surface area (Å²) in [5.74, 6) is -0.552. The summed E-state index contributed by atoms with van der Waals surface area (Å²) in [5, 5.41) is 24.7. The van der Waals surface area contributed by atoms with Crippen molar-refractivity contribution < 1.29 is 15.0 Å². The van der Waals surface area contributed by atoms with Gasteiger partial charge >= 0.3 is 0 Å². The van der Waals surface area contributed by atoms with Crippen LogP contribution in [0.15, 0.2) is 93.0 Å². The molecule has 1 amide bonds. The monoisotopic (exact) mass is 458 g/mol. The van der Waals surface area contributed by atoms with Crippen LogP contribution in [-0.4, -0.2) is 21.8 Å². The van der Waals surface area contributed by atoms with Gasteiger partial charge in [0, 0.05) is 31.4 Å². The zero-order valence-electron chi connectivity index (χ0n) is 16.8. The number of nitrogens with one attached hydrogen (secondary N) is 1. The second-order valence-corrected chi connectivity index (χ2v) is 9.32. The molecule has 158 valence electrons. The summed E-state index contributed by atoms with van der Waals surface area (Å²) in [7, 11) is 0. The summed E-state index contributed by atoms with van der Waals surface area (Å²) in [6, 6.07) is 22.0. The summed E-state index contributed by atoms with van der Waals surface area (Å²) in [6.07, 6.45) is 0. The maximum Gasteiger partial charge on any atom is 0.251 e. The van der Waals surface area contributed by atoms with E-state index in [4.69, 9.17) is 4.99 Å². The first kappa shape index (κ1) is 20.4. The fraction of sp³-hybridized carbons (Fsp3) is 0.0400. The molecule has 0 unspecified atom stereocenters. The summed E-state index contributed by atoms with van der Waals surface area (Å²) < 4.78 is 0. The van der Waals surface area contributed by atoms with E-state index in [9.17, 15) is 15.0 Å². The van der Waals surface area contributed by atoms with Crippen molar-refractivity contribution in [1.29, 1.82) is 0 Å². The van der Waals surface area contributed by atoms with Gasteiger partial charge in [0.25, 0.3) is 5.91 Å². The third-order valence-electron chi connectivity index (χ3n) is 5.07. The first-order chi connectivity index (χ1) is 15.6. The van der Waals surface area contributed by atoms with E-state index in [1.807, 2.05) is 53.9 Å². The number of benzene rings is 3. The van der Waals surface area contributed by atoms with Crippen molar-refractivity contribution in [1.82, 2.24) is 5.32 Å². The molecule has 5 nitrogen and oxygen atoms in total. The predicted octanol–water partition coefficient (Wildman–Crippen LogP) is 5.72. The molecule has 5 rings (SSSR count). The second-order valence-electron chi connectivity index (χ2n) is 7.21. The van der Waals surface area contributed by atoms with Crippen LogP contribution in [0.5, 0.6) is 11.5 Å². The number of amides is 1. The maximum absolute atomic E-state index is 12.7. The van der Waals surface area contributed by atoms with Crippen LogP contribution in [0.25, 0.3) is 0 Å². The zero-order chi connectivity index (χ0) is 22.1. The molecule has 3 aromatic carbocycles. The van der Waals surface area contributed by atoms with Crippen molar-refractivity contribution in [3.05, 3.63) is 99.7 Å². The van der Waals surface area contributed by atoms with Crippen LogP contribution in [0, 0.1) is 0 Å². The number of rotatable bonds is 4. The molecule has 1 aliphatic rings. The number of aliphatic imine (C=N–C) groups is 1. The molecule has 0 spiro atoms. The van der Waals surface area contributed by atoms with Crippen LogP contribution < -0.4 is 5.32 Å². The van der Waals surface area contributed by atoms with Crippen LogP contribution in [0.4, 0.5) is 5.69 Å². The van der Waals surface area contributed by atoms with Gasteiger partial charge in [-0.1, -0.05) is 36.0 Å². The molecule has 0 saturated heterocycles. The number of nitrogens with zero attached hydrogens (tertiary/aromatic N) is 1. The first-order valence-electron chi connectivity index (χ1n) is 9.91. The van der Waals surface area contributed by atoms with E-state index in [-0.39, 0.29) is 17.4 Å². The molecular weight excluding hydrogens is 440 g/mol. The lowest BCUT2D eigenvalue weighted by Gasteiger charge is -2.10. The normalized spacial score (nSPS) is 12.3. The van der Waals surface area contributed by atoms with Crippen LogP contribution in [-0.2, 0) is 6.54 Å². The molecule has 2 heterocycles. The molecule has 3 N–H and O–H groups in total. The quantitative estimate of drug-likeness (QED) is 0.301. The van der Waals surface area contributed by atoms with Gasteiger partial charge in [-0.05, 0) is 53.9 Å². The van der Waals surface area contributed by atoms with E-state index in [0.29, 0.717) is 29.1 Å². The number of fused-ring (bicyclic) bond motifs is 2. The minimum Gasteiger partial charge on any atom is -0.504 e. The summed E-state index contributed by atoms with van der Waals surface area (Å²) >= 11 is 3.18. The Morgan fingerprint density at radius 1 is 0.906 bits per heavy atom. The maximum atomic E-state index is 12.7. The number of phenolic OH excluding ortho intramolecular Hbond substituents is 2. The highest BCUT2D eigenvalue weighted by atomic mass is 32.2. The van der Waals surface area contributed by atoms with Gasteiger partial charge in [0.05, 0.1) is 17.9 Å². The van der Waals surface area contributed by atoms with E-state index in [1.165, 1.54) is 12.1 Å². The average Bonchev–Trinajstić information content (AvgIpc) is 3.27. The third kappa shape index (κ3) is 4.00. The van der Waals surface area contributed by atoms with E-state index < -0.39 is 0 Å². The largest absolute Gasteiger partial charge is 0.504 e. The van der Waals surface area contributed by atoms with Crippen molar-refractivity contribution in [3.8, 4) is 11.5 Å². The van der Waals surface area contributed by atoms with Gasteiger partial charge in [0.15, 0.2) is 11.5 Å². The number of carbonyl (C=O) groups is 1. The number of thiophene rings is 1. The molecule has 0 aliphatic carbocycles. The Morgan fingerprint density at radius 2 is 1.78 bits per heavy atom. The molecule has 0 saturated carbocycles. The highest BCUT2D eigenvalue weighted by Crippen LogP contribution is 2.42. The molecule has 1 aromatic heterocycles. The zero-order valence-corrected chi connectivity index (χ0v) is 18.4. The Bertz CT molecular complexity index is 1350. The lowest BCUT2D eigenvalue weighted by molar-refractivity contribution is 0.0951. The van der Waals surface area contributed by atoms with Crippen LogP contribution in [0.2, 0.25) is 0 Å². The highest BCUT2D eigenvalue weighted by molar-refractivity contribution is 7.99. The molecule has 0 fully saturated rings. The van der Waals surface area contributed by atoms with Crippen LogP contribution >= 0.6 is 23.1 Å². The SMILES string of the molecule is O=C(NCc1cccs1)c1ccc2c(c1)N=C(c1ccc(O)c(O)c1)c1ccccc1S2. The van der Waals surface area contributed by atoms with Crippen LogP contribution in [0.1, 0.15) is 26.4 Å². The first-order valence-corrected chi connectivity index (χ1v) is 11.6. The van der Waals surface area contributed by atoms with E-state index in [2.05, 4.69) is 5.32 Å². The number of aromatic hydroxyl groups is 2. The van der Waals surface area contributed by atoms with Crippen molar-refractivity contribution in [2.24, 2.45) is 4.99 Å². The Balaban J connectivity index is 1.55. The smallest absolute Gasteiger partial charge is 0.251 e. The third-order valence-corrected chi connectivity index (χ3v) is 7.09. The summed E-state index contributed by atoms with van der Waals surface area (Å²) in [5.41, 5.74) is 3.47. The standard InChI is InChI=1S/C25H18N2O3S2/c28-20-9-7-15(13-21(20)29)24-18-5-1-2-6-22(18)32-23-10-8-16(12-19(23)27-24)25(30)26-14-17-4-3-11-31-17/h1-13,28-29H,14H2,(H,26,30). The molecule has 0 radical (unpaired) electrons. The van der Waals surface area contributed by atoms with Gasteiger partial charge in [0.2, 0.25) is 0 Å². The van der Waals surface area contributed by atoms with Gasteiger partial charge in [-0.15, -0.1) is 11.3 Å². The molecule has 0 bridgehead atoms. The Labute approximate surface area is 193 Å².